The first-order valence-electron chi connectivity index (χ1n) is 15.4. The molecular formula is C34H46N4O5. The van der Waals surface area contributed by atoms with Crippen molar-refractivity contribution in [2.24, 2.45) is 5.92 Å². The van der Waals surface area contributed by atoms with Crippen LogP contribution in [0.4, 0.5) is 0 Å². The highest BCUT2D eigenvalue weighted by Crippen LogP contribution is 2.28. The number of para-hydroxylation sites is 1. The average Bonchev–Trinajstić information content (AvgIpc) is 2.99. The first-order chi connectivity index (χ1) is 20.6. The van der Waals surface area contributed by atoms with Gasteiger partial charge in [0, 0.05) is 32.1 Å². The fourth-order valence-electron chi connectivity index (χ4n) is 6.14. The molecule has 0 aromatic heterocycles. The second-order valence-corrected chi connectivity index (χ2v) is 12.1. The van der Waals surface area contributed by atoms with Gasteiger partial charge >= 0.3 is 0 Å². The molecule has 2 aromatic carbocycles. The number of hydrogen-bond acceptors (Lipinski definition) is 6. The number of rotatable bonds is 4. The molecule has 2 aromatic rings. The van der Waals surface area contributed by atoms with Gasteiger partial charge in [-0.25, -0.2) is 0 Å². The van der Waals surface area contributed by atoms with Crippen LogP contribution in [0.15, 0.2) is 60.7 Å². The summed E-state index contributed by atoms with van der Waals surface area (Å²) in [4.78, 5) is 42.8. The van der Waals surface area contributed by atoms with Gasteiger partial charge in [0.15, 0.2) is 0 Å². The second kappa shape index (κ2) is 15.2. The van der Waals surface area contributed by atoms with Crippen molar-refractivity contribution < 1.29 is 24.2 Å². The van der Waals surface area contributed by atoms with Gasteiger partial charge in [0.2, 0.25) is 17.7 Å². The summed E-state index contributed by atoms with van der Waals surface area (Å²) in [6.07, 6.45) is 9.03. The van der Waals surface area contributed by atoms with Gasteiger partial charge < -0.3 is 30.7 Å². The maximum atomic E-state index is 14.1. The Morgan fingerprint density at radius 1 is 0.953 bits per heavy atom. The van der Waals surface area contributed by atoms with Crippen LogP contribution >= 0.6 is 0 Å². The zero-order valence-corrected chi connectivity index (χ0v) is 25.6. The van der Waals surface area contributed by atoms with Gasteiger partial charge in [0.25, 0.3) is 0 Å². The molecule has 1 fully saturated rings. The number of fused-ring (bicyclic) bond motifs is 1. The molecule has 3 amide bonds. The Morgan fingerprint density at radius 3 is 2.37 bits per heavy atom. The third-order valence-corrected chi connectivity index (χ3v) is 8.29. The smallest absolute Gasteiger partial charge is 0.246 e. The molecule has 0 unspecified atom stereocenters. The van der Waals surface area contributed by atoms with Crippen LogP contribution in [0.3, 0.4) is 0 Å². The van der Waals surface area contributed by atoms with E-state index >= 15 is 0 Å². The summed E-state index contributed by atoms with van der Waals surface area (Å²) in [7, 11) is 1.56. The summed E-state index contributed by atoms with van der Waals surface area (Å²) in [6.45, 7) is 4.05. The molecule has 1 aliphatic heterocycles. The first-order valence-corrected chi connectivity index (χ1v) is 15.4. The maximum absolute atomic E-state index is 14.1. The monoisotopic (exact) mass is 590 g/mol. The fourth-order valence-corrected chi connectivity index (χ4v) is 6.14. The Hall–Kier alpha value is -3.69. The molecule has 3 atom stereocenters. The van der Waals surface area contributed by atoms with Crippen LogP contribution < -0.4 is 20.7 Å². The molecule has 0 bridgehead atoms. The number of amides is 3. The highest BCUT2D eigenvalue weighted by Gasteiger charge is 2.43. The lowest BCUT2D eigenvalue weighted by Gasteiger charge is -2.40. The summed E-state index contributed by atoms with van der Waals surface area (Å²) >= 11 is 0. The molecule has 4 rings (SSSR count). The number of nitrogens with one attached hydrogen (secondary N) is 3. The molecule has 1 saturated carbocycles. The largest absolute Gasteiger partial charge is 0.492 e. The standard InChI is InChI=1S/C34H46N4O5/c1-34(2,42)30-32(40)37-27(23-24-13-6-4-7-14-24)31(39)36-20-12-18-25-15-10-11-19-28(25)43-22-21-35-29(33(41)38(30)3)26-16-8-5-9-17-26/h4,6-7,10-15,18-19,26-27,29-30,35,42H,5,8-9,16-17,20-23H2,1-3H3,(H,36,39)(H,37,40)/t27-,29+,30-/m1/s1. The van der Waals surface area contributed by atoms with Gasteiger partial charge in [-0.05, 0) is 44.2 Å². The molecule has 0 radical (unpaired) electrons. The predicted molar refractivity (Wildman–Crippen MR) is 167 cm³/mol. The Kier molecular flexibility index (Phi) is 11.4. The Labute approximate surface area is 255 Å². The van der Waals surface area contributed by atoms with E-state index in [1.54, 1.807) is 7.05 Å². The Balaban J connectivity index is 1.67. The third-order valence-electron chi connectivity index (χ3n) is 8.29. The van der Waals surface area contributed by atoms with E-state index in [0.717, 1.165) is 43.2 Å². The van der Waals surface area contributed by atoms with E-state index in [1.807, 2.05) is 66.7 Å². The van der Waals surface area contributed by atoms with Crippen LogP contribution in [0.1, 0.15) is 57.1 Å². The van der Waals surface area contributed by atoms with Gasteiger partial charge in [-0.15, -0.1) is 0 Å². The van der Waals surface area contributed by atoms with Crippen molar-refractivity contribution in [2.45, 2.75) is 76.1 Å². The van der Waals surface area contributed by atoms with Gasteiger partial charge in [0.1, 0.15) is 24.4 Å². The van der Waals surface area contributed by atoms with Crippen molar-refractivity contribution in [1.29, 1.82) is 0 Å². The highest BCUT2D eigenvalue weighted by molar-refractivity contribution is 5.94. The highest BCUT2D eigenvalue weighted by atomic mass is 16.5. The van der Waals surface area contributed by atoms with Crippen LogP contribution in [0.2, 0.25) is 0 Å². The van der Waals surface area contributed by atoms with Crippen molar-refractivity contribution in [2.75, 3.05) is 26.7 Å². The number of carbonyl (C=O) groups excluding carboxylic acids is 3. The Morgan fingerprint density at radius 2 is 1.65 bits per heavy atom. The molecule has 0 saturated heterocycles. The zero-order chi connectivity index (χ0) is 30.8. The van der Waals surface area contributed by atoms with E-state index in [1.165, 1.54) is 18.7 Å². The van der Waals surface area contributed by atoms with Crippen molar-refractivity contribution >= 4 is 23.8 Å². The van der Waals surface area contributed by atoms with E-state index in [4.69, 9.17) is 4.74 Å². The summed E-state index contributed by atoms with van der Waals surface area (Å²) in [5.41, 5.74) is 0.174. The molecule has 43 heavy (non-hydrogen) atoms. The number of likely N-dealkylation sites (N-methyl/N-ethyl adjacent to an activating group) is 1. The van der Waals surface area contributed by atoms with Crippen LogP contribution in [-0.4, -0.2) is 78.2 Å². The first kappa shape index (κ1) is 32.2. The van der Waals surface area contributed by atoms with E-state index < -0.39 is 29.6 Å². The number of ether oxygens (including phenoxy) is 1. The van der Waals surface area contributed by atoms with Crippen LogP contribution in [-0.2, 0) is 20.8 Å². The second-order valence-electron chi connectivity index (χ2n) is 12.1. The van der Waals surface area contributed by atoms with E-state index in [2.05, 4.69) is 16.0 Å². The van der Waals surface area contributed by atoms with Gasteiger partial charge in [0.05, 0.1) is 11.6 Å². The molecule has 9 nitrogen and oxygen atoms in total. The summed E-state index contributed by atoms with van der Waals surface area (Å²) in [5.74, 6) is -0.398. The van der Waals surface area contributed by atoms with Gasteiger partial charge in [-0.3, -0.25) is 14.4 Å². The molecule has 4 N–H and O–H groups in total. The van der Waals surface area contributed by atoms with E-state index in [9.17, 15) is 19.5 Å². The minimum absolute atomic E-state index is 0.103. The summed E-state index contributed by atoms with van der Waals surface area (Å²) < 4.78 is 6.10. The maximum Gasteiger partial charge on any atom is 0.246 e. The lowest BCUT2D eigenvalue weighted by molar-refractivity contribution is -0.151. The summed E-state index contributed by atoms with van der Waals surface area (Å²) in [5, 5.41) is 20.4. The van der Waals surface area contributed by atoms with Gasteiger partial charge in [-0.1, -0.05) is 79.9 Å². The molecule has 9 heteroatoms. The fraction of sp³-hybridized carbons (Fsp3) is 0.500. The lowest BCUT2D eigenvalue weighted by Crippen LogP contribution is -2.64. The van der Waals surface area contributed by atoms with Crippen molar-refractivity contribution in [3.63, 3.8) is 0 Å². The molecule has 1 aliphatic carbocycles. The quantitative estimate of drug-likeness (QED) is 0.435. The van der Waals surface area contributed by atoms with Gasteiger partial charge in [-0.2, -0.15) is 0 Å². The molecule has 0 spiro atoms. The van der Waals surface area contributed by atoms with E-state index in [0.29, 0.717) is 18.9 Å². The van der Waals surface area contributed by atoms with Crippen LogP contribution in [0.5, 0.6) is 5.75 Å². The number of carbonyl (C=O) groups is 3. The number of benzene rings is 2. The summed E-state index contributed by atoms with van der Waals surface area (Å²) in [6, 6.07) is 14.4. The van der Waals surface area contributed by atoms with Crippen molar-refractivity contribution in [3.05, 3.63) is 71.8 Å². The van der Waals surface area contributed by atoms with Crippen LogP contribution in [0.25, 0.3) is 6.08 Å². The number of nitrogens with zero attached hydrogens (tertiary/aromatic N) is 1. The lowest BCUT2D eigenvalue weighted by atomic mass is 9.82. The topological polar surface area (TPSA) is 120 Å². The molecule has 2 aliphatic rings. The number of hydrogen-bond donors (Lipinski definition) is 4. The zero-order valence-electron chi connectivity index (χ0n) is 25.6. The molecule has 232 valence electrons. The average molecular weight is 591 g/mol. The molecular weight excluding hydrogens is 544 g/mol. The SMILES string of the molecule is CN1C(=O)[C@H](C2CCCCC2)NCCOc2ccccc2C=CCNC(=O)[C@@H](Cc2ccccc2)NC(=O)[C@@H]1C(C)(C)O. The Bertz CT molecular complexity index is 1250. The van der Waals surface area contributed by atoms with Crippen LogP contribution in [0, 0.1) is 5.92 Å². The molecule has 1 heterocycles. The van der Waals surface area contributed by atoms with Crippen molar-refractivity contribution in [3.8, 4) is 5.75 Å². The normalized spacial score (nSPS) is 23.8. The minimum atomic E-state index is -1.57. The predicted octanol–water partition coefficient (Wildman–Crippen LogP) is 3.07. The number of aliphatic hydroxyl groups is 1. The third kappa shape index (κ3) is 8.91. The minimum Gasteiger partial charge on any atom is -0.492 e. The van der Waals surface area contributed by atoms with E-state index in [-0.39, 0.29) is 30.7 Å². The van der Waals surface area contributed by atoms with Crippen molar-refractivity contribution in [1.82, 2.24) is 20.9 Å².